The lowest BCUT2D eigenvalue weighted by Gasteiger charge is -2.27. The summed E-state index contributed by atoms with van der Waals surface area (Å²) in [7, 11) is 4.17. The number of nitrogens with one attached hydrogen (secondary N) is 1. The Kier molecular flexibility index (Phi) is 5.02. The molecule has 0 aliphatic rings. The molecule has 0 bridgehead atoms. The highest BCUT2D eigenvalue weighted by Crippen LogP contribution is 2.24. The number of aromatic nitrogens is 2. The van der Waals surface area contributed by atoms with Crippen LogP contribution in [-0.2, 0) is 6.54 Å². The summed E-state index contributed by atoms with van der Waals surface area (Å²) >= 11 is 0. The highest BCUT2D eigenvalue weighted by atomic mass is 15.3. The van der Waals surface area contributed by atoms with E-state index in [0.29, 0.717) is 12.0 Å². The van der Waals surface area contributed by atoms with Crippen molar-refractivity contribution in [2.45, 2.75) is 40.3 Å². The molecule has 1 heterocycles. The summed E-state index contributed by atoms with van der Waals surface area (Å²) in [5.41, 5.74) is 7.76. The van der Waals surface area contributed by atoms with Gasteiger partial charge in [-0.25, -0.2) is 4.68 Å². The van der Waals surface area contributed by atoms with Crippen LogP contribution in [0.2, 0.25) is 0 Å². The average Bonchev–Trinajstić information content (AvgIpc) is 2.55. The molecule has 0 amide bonds. The van der Waals surface area contributed by atoms with Crippen LogP contribution >= 0.6 is 0 Å². The molecule has 5 nitrogen and oxygen atoms in total. The van der Waals surface area contributed by atoms with Crippen molar-refractivity contribution in [1.29, 1.82) is 0 Å². The van der Waals surface area contributed by atoms with E-state index < -0.39 is 0 Å². The maximum atomic E-state index is 6.10. The lowest BCUT2D eigenvalue weighted by molar-refractivity contribution is 0.343. The summed E-state index contributed by atoms with van der Waals surface area (Å²) in [6.07, 6.45) is 0. The molecule has 0 radical (unpaired) electrons. The third-order valence-corrected chi connectivity index (χ3v) is 3.16. The molecule has 1 aromatic rings. The van der Waals surface area contributed by atoms with E-state index in [1.54, 1.807) is 0 Å². The smallest absolute Gasteiger partial charge is 0.148 e. The Hall–Kier alpha value is -1.23. The van der Waals surface area contributed by atoms with Crippen LogP contribution in [0.4, 0.5) is 11.5 Å². The predicted molar refractivity (Wildman–Crippen MR) is 77.9 cm³/mol. The van der Waals surface area contributed by atoms with Gasteiger partial charge in [-0.1, -0.05) is 13.8 Å². The first-order valence-corrected chi connectivity index (χ1v) is 6.60. The molecular weight excluding hydrogens is 226 g/mol. The van der Waals surface area contributed by atoms with E-state index in [1.165, 1.54) is 0 Å². The van der Waals surface area contributed by atoms with Crippen LogP contribution in [0.15, 0.2) is 0 Å². The van der Waals surface area contributed by atoms with Gasteiger partial charge in [0.2, 0.25) is 0 Å². The molecule has 0 saturated heterocycles. The van der Waals surface area contributed by atoms with Gasteiger partial charge in [-0.15, -0.1) is 0 Å². The van der Waals surface area contributed by atoms with Gasteiger partial charge in [-0.2, -0.15) is 5.10 Å². The molecule has 1 rings (SSSR count). The van der Waals surface area contributed by atoms with Gasteiger partial charge < -0.3 is 16.0 Å². The molecule has 0 aromatic carbocycles. The van der Waals surface area contributed by atoms with Crippen molar-refractivity contribution in [1.82, 2.24) is 14.7 Å². The van der Waals surface area contributed by atoms with Crippen molar-refractivity contribution in [3.63, 3.8) is 0 Å². The Morgan fingerprint density at radius 1 is 1.39 bits per heavy atom. The third kappa shape index (κ3) is 3.38. The van der Waals surface area contributed by atoms with Crippen molar-refractivity contribution in [3.05, 3.63) is 5.69 Å². The van der Waals surface area contributed by atoms with Crippen LogP contribution < -0.4 is 11.1 Å². The summed E-state index contributed by atoms with van der Waals surface area (Å²) in [5, 5.41) is 7.99. The minimum absolute atomic E-state index is 0.365. The van der Waals surface area contributed by atoms with Gasteiger partial charge in [-0.3, -0.25) is 0 Å². The molecule has 18 heavy (non-hydrogen) atoms. The second-order valence-electron chi connectivity index (χ2n) is 5.42. The van der Waals surface area contributed by atoms with E-state index in [2.05, 4.69) is 50.2 Å². The summed E-state index contributed by atoms with van der Waals surface area (Å²) in [6.45, 7) is 10.3. The van der Waals surface area contributed by atoms with Gasteiger partial charge in [0.25, 0.3) is 0 Å². The number of hydrogen-bond acceptors (Lipinski definition) is 4. The fraction of sp³-hybridized carbons (Fsp3) is 0.769. The van der Waals surface area contributed by atoms with E-state index >= 15 is 0 Å². The van der Waals surface area contributed by atoms with Crippen LogP contribution in [0, 0.1) is 12.8 Å². The number of nitrogens with two attached hydrogens (primary N) is 1. The van der Waals surface area contributed by atoms with Crippen LogP contribution in [-0.4, -0.2) is 41.4 Å². The molecule has 0 aliphatic heterocycles. The van der Waals surface area contributed by atoms with Crippen molar-refractivity contribution in [2.75, 3.05) is 31.7 Å². The summed E-state index contributed by atoms with van der Waals surface area (Å²) in [6, 6.07) is 0.365. The van der Waals surface area contributed by atoms with Gasteiger partial charge in [0.15, 0.2) is 0 Å². The first-order valence-electron chi connectivity index (χ1n) is 6.60. The number of anilines is 2. The molecule has 1 unspecified atom stereocenters. The lowest BCUT2D eigenvalue weighted by Crippen LogP contribution is -2.37. The highest BCUT2D eigenvalue weighted by Gasteiger charge is 2.19. The van der Waals surface area contributed by atoms with Crippen LogP contribution in [0.5, 0.6) is 0 Å². The maximum absolute atomic E-state index is 6.10. The summed E-state index contributed by atoms with van der Waals surface area (Å²) in [4.78, 5) is 2.19. The molecule has 3 N–H and O–H groups in total. The molecule has 0 saturated carbocycles. The minimum atomic E-state index is 0.365. The van der Waals surface area contributed by atoms with E-state index in [4.69, 9.17) is 5.73 Å². The molecular formula is C13H27N5. The summed E-state index contributed by atoms with van der Waals surface area (Å²) < 4.78 is 1.94. The highest BCUT2D eigenvalue weighted by molar-refractivity contribution is 5.65. The number of hydrogen-bond donors (Lipinski definition) is 2. The Labute approximate surface area is 110 Å². The lowest BCUT2D eigenvalue weighted by atomic mass is 10.0. The number of rotatable bonds is 6. The van der Waals surface area contributed by atoms with Crippen LogP contribution in [0.1, 0.15) is 26.5 Å². The Balaban J connectivity index is 2.92. The van der Waals surface area contributed by atoms with Gasteiger partial charge in [0.05, 0.1) is 11.4 Å². The zero-order valence-electron chi connectivity index (χ0n) is 12.5. The quantitative estimate of drug-likeness (QED) is 0.811. The zero-order chi connectivity index (χ0) is 13.9. The molecule has 104 valence electrons. The molecule has 1 atom stereocenters. The molecule has 5 heteroatoms. The Morgan fingerprint density at radius 2 is 2.00 bits per heavy atom. The van der Waals surface area contributed by atoms with Gasteiger partial charge in [0.1, 0.15) is 5.82 Å². The van der Waals surface area contributed by atoms with Crippen LogP contribution in [0.25, 0.3) is 0 Å². The fourth-order valence-corrected chi connectivity index (χ4v) is 1.97. The van der Waals surface area contributed by atoms with E-state index in [-0.39, 0.29) is 0 Å². The second-order valence-corrected chi connectivity index (χ2v) is 5.42. The third-order valence-electron chi connectivity index (χ3n) is 3.16. The van der Waals surface area contributed by atoms with E-state index in [9.17, 15) is 0 Å². The van der Waals surface area contributed by atoms with Crippen LogP contribution in [0.3, 0.4) is 0 Å². The number of nitrogens with zero attached hydrogens (tertiary/aromatic N) is 3. The molecule has 0 fully saturated rings. The van der Waals surface area contributed by atoms with Crippen molar-refractivity contribution in [2.24, 2.45) is 5.92 Å². The SMILES string of the molecule is CCn1nc(C)c(N)c1NC(CN(C)C)C(C)C. The molecule has 0 aliphatic carbocycles. The second kappa shape index (κ2) is 6.09. The first kappa shape index (κ1) is 14.8. The number of likely N-dealkylation sites (N-methyl/N-ethyl adjacent to an activating group) is 1. The first-order chi connectivity index (χ1) is 8.36. The Morgan fingerprint density at radius 3 is 2.44 bits per heavy atom. The van der Waals surface area contributed by atoms with Gasteiger partial charge in [0, 0.05) is 19.1 Å². The number of nitrogen functional groups attached to an aromatic ring is 1. The van der Waals surface area contributed by atoms with Crippen molar-refractivity contribution < 1.29 is 0 Å². The van der Waals surface area contributed by atoms with E-state index in [1.807, 2.05) is 11.6 Å². The molecule has 1 aromatic heterocycles. The Bertz CT molecular complexity index is 381. The van der Waals surface area contributed by atoms with Gasteiger partial charge in [-0.05, 0) is 33.9 Å². The zero-order valence-corrected chi connectivity index (χ0v) is 12.5. The molecule has 0 spiro atoms. The average molecular weight is 253 g/mol. The normalized spacial score (nSPS) is 13.3. The standard InChI is InChI=1S/C13H27N5/c1-7-18-13(12(14)10(4)16-18)15-11(9(2)3)8-17(5)6/h9,11,15H,7-8,14H2,1-6H3. The fourth-order valence-electron chi connectivity index (χ4n) is 1.97. The summed E-state index contributed by atoms with van der Waals surface area (Å²) in [5.74, 6) is 1.49. The minimum Gasteiger partial charge on any atom is -0.394 e. The predicted octanol–water partition coefficient (Wildman–Crippen LogP) is 1.79. The topological polar surface area (TPSA) is 59.1 Å². The van der Waals surface area contributed by atoms with E-state index in [0.717, 1.165) is 30.3 Å². The monoisotopic (exact) mass is 253 g/mol. The van der Waals surface area contributed by atoms with Gasteiger partial charge >= 0.3 is 0 Å². The number of aryl methyl sites for hydroxylation is 2. The largest absolute Gasteiger partial charge is 0.394 e. The van der Waals surface area contributed by atoms with Crippen molar-refractivity contribution in [3.8, 4) is 0 Å². The van der Waals surface area contributed by atoms with Crippen molar-refractivity contribution >= 4 is 11.5 Å². The maximum Gasteiger partial charge on any atom is 0.148 e.